The molecule has 6 heteroatoms. The highest BCUT2D eigenvalue weighted by Gasteiger charge is 2.24. The maximum Gasteiger partial charge on any atom is 0.125 e. The summed E-state index contributed by atoms with van der Waals surface area (Å²) >= 11 is 1.70. The molecule has 0 unspecified atom stereocenters. The highest BCUT2D eigenvalue weighted by atomic mass is 32.1. The Labute approximate surface area is 129 Å². The predicted octanol–water partition coefficient (Wildman–Crippen LogP) is 2.43. The van der Waals surface area contributed by atoms with E-state index in [-0.39, 0.29) is 6.10 Å². The number of ether oxygens (including phenoxy) is 1. The first-order chi connectivity index (χ1) is 10.1. The molecule has 0 aromatic carbocycles. The number of morpholine rings is 1. The minimum absolute atomic E-state index is 0.0267. The lowest BCUT2D eigenvalue weighted by molar-refractivity contribution is -0.0354. The second-order valence-corrected chi connectivity index (χ2v) is 6.50. The summed E-state index contributed by atoms with van der Waals surface area (Å²) in [5.41, 5.74) is 3.13. The third-order valence-corrected chi connectivity index (χ3v) is 4.34. The van der Waals surface area contributed by atoms with Gasteiger partial charge in [0.1, 0.15) is 11.9 Å². The molecule has 112 valence electrons. The minimum Gasteiger partial charge on any atom is -0.369 e. The molecule has 0 bridgehead atoms. The van der Waals surface area contributed by atoms with Crippen LogP contribution in [0.5, 0.6) is 0 Å². The van der Waals surface area contributed by atoms with E-state index in [1.807, 2.05) is 26.8 Å². The average Bonchev–Trinajstić information content (AvgIpc) is 2.83. The molecule has 0 N–H and O–H groups in total. The van der Waals surface area contributed by atoms with Crippen LogP contribution in [0.2, 0.25) is 0 Å². The Morgan fingerprint density at radius 1 is 1.29 bits per heavy atom. The fraction of sp³-hybridized carbons (Fsp3) is 0.533. The fourth-order valence-electron chi connectivity index (χ4n) is 2.65. The van der Waals surface area contributed by atoms with Crippen molar-refractivity contribution < 1.29 is 4.74 Å². The van der Waals surface area contributed by atoms with E-state index in [9.17, 15) is 0 Å². The molecule has 0 aliphatic carbocycles. The number of hydrogen-bond acceptors (Lipinski definition) is 6. The highest BCUT2D eigenvalue weighted by Crippen LogP contribution is 2.22. The van der Waals surface area contributed by atoms with Gasteiger partial charge in [0.25, 0.3) is 0 Å². The first-order valence-corrected chi connectivity index (χ1v) is 8.05. The SMILES string of the molecule is Cc1cc([C@H]2CN(Cc3csc(C)n3)CCO2)nc(C)n1. The number of rotatable bonds is 3. The van der Waals surface area contributed by atoms with Crippen molar-refractivity contribution in [3.63, 3.8) is 0 Å². The maximum absolute atomic E-state index is 5.90. The molecule has 3 rings (SSSR count). The Bertz CT molecular complexity index is 608. The molecule has 1 saturated heterocycles. The third-order valence-electron chi connectivity index (χ3n) is 3.52. The van der Waals surface area contributed by atoms with Crippen LogP contribution >= 0.6 is 11.3 Å². The van der Waals surface area contributed by atoms with E-state index in [2.05, 4.69) is 25.2 Å². The van der Waals surface area contributed by atoms with Gasteiger partial charge in [-0.25, -0.2) is 15.0 Å². The molecule has 21 heavy (non-hydrogen) atoms. The van der Waals surface area contributed by atoms with Gasteiger partial charge in [0.15, 0.2) is 0 Å². The van der Waals surface area contributed by atoms with E-state index in [0.717, 1.165) is 54.2 Å². The molecule has 1 aliphatic heterocycles. The Balaban J connectivity index is 1.70. The average molecular weight is 304 g/mol. The normalized spacial score (nSPS) is 19.9. The van der Waals surface area contributed by atoms with Crippen molar-refractivity contribution in [2.24, 2.45) is 0 Å². The number of thiazole rings is 1. The molecule has 3 heterocycles. The third kappa shape index (κ3) is 3.64. The van der Waals surface area contributed by atoms with Crippen molar-refractivity contribution in [3.8, 4) is 0 Å². The summed E-state index contributed by atoms with van der Waals surface area (Å²) in [6.45, 7) is 9.38. The molecule has 1 fully saturated rings. The Hall–Kier alpha value is -1.37. The van der Waals surface area contributed by atoms with Crippen LogP contribution in [-0.4, -0.2) is 39.5 Å². The van der Waals surface area contributed by atoms with Crippen LogP contribution in [0, 0.1) is 20.8 Å². The smallest absolute Gasteiger partial charge is 0.125 e. The zero-order chi connectivity index (χ0) is 14.8. The highest BCUT2D eigenvalue weighted by molar-refractivity contribution is 7.09. The summed E-state index contributed by atoms with van der Waals surface area (Å²) in [5, 5.41) is 3.26. The summed E-state index contributed by atoms with van der Waals surface area (Å²) in [4.78, 5) is 15.8. The molecule has 5 nitrogen and oxygen atoms in total. The van der Waals surface area contributed by atoms with Crippen LogP contribution in [-0.2, 0) is 11.3 Å². The summed E-state index contributed by atoms with van der Waals surface area (Å²) in [7, 11) is 0. The number of hydrogen-bond donors (Lipinski definition) is 0. The summed E-state index contributed by atoms with van der Waals surface area (Å²) < 4.78 is 5.90. The predicted molar refractivity (Wildman–Crippen MR) is 82.3 cm³/mol. The van der Waals surface area contributed by atoms with Crippen LogP contribution < -0.4 is 0 Å². The van der Waals surface area contributed by atoms with E-state index in [1.165, 1.54) is 0 Å². The second kappa shape index (κ2) is 6.17. The first-order valence-electron chi connectivity index (χ1n) is 7.17. The lowest BCUT2D eigenvalue weighted by atomic mass is 10.1. The van der Waals surface area contributed by atoms with Gasteiger partial charge in [-0.3, -0.25) is 4.90 Å². The Morgan fingerprint density at radius 2 is 2.14 bits per heavy atom. The Kier molecular flexibility index (Phi) is 4.28. The van der Waals surface area contributed by atoms with Gasteiger partial charge in [-0.1, -0.05) is 0 Å². The summed E-state index contributed by atoms with van der Waals surface area (Å²) in [6.07, 6.45) is 0.0267. The summed E-state index contributed by atoms with van der Waals surface area (Å²) in [5.74, 6) is 0.806. The number of aryl methyl sites for hydroxylation is 3. The van der Waals surface area contributed by atoms with Crippen LogP contribution in [0.1, 0.15) is 34.0 Å². The van der Waals surface area contributed by atoms with E-state index in [4.69, 9.17) is 4.74 Å². The van der Waals surface area contributed by atoms with Crippen molar-refractivity contribution >= 4 is 11.3 Å². The molecule has 2 aromatic heterocycles. The van der Waals surface area contributed by atoms with Crippen LogP contribution in [0.25, 0.3) is 0 Å². The van der Waals surface area contributed by atoms with Crippen molar-refractivity contribution in [1.29, 1.82) is 0 Å². The van der Waals surface area contributed by atoms with E-state index >= 15 is 0 Å². The van der Waals surface area contributed by atoms with Crippen molar-refractivity contribution in [2.75, 3.05) is 19.7 Å². The standard InChI is InChI=1S/C15H20N4OS/c1-10-6-14(17-11(2)16-10)15-8-19(4-5-20-15)7-13-9-21-12(3)18-13/h6,9,15H,4-5,7-8H2,1-3H3/t15-/m1/s1. The zero-order valence-corrected chi connectivity index (χ0v) is 13.5. The van der Waals surface area contributed by atoms with E-state index in [1.54, 1.807) is 11.3 Å². The van der Waals surface area contributed by atoms with Crippen molar-refractivity contribution in [3.05, 3.63) is 39.4 Å². The molecule has 0 spiro atoms. The molecule has 1 aliphatic rings. The topological polar surface area (TPSA) is 51.1 Å². The van der Waals surface area contributed by atoms with E-state index < -0.39 is 0 Å². The van der Waals surface area contributed by atoms with Crippen LogP contribution in [0.3, 0.4) is 0 Å². The molecule has 0 radical (unpaired) electrons. The number of nitrogens with zero attached hydrogens (tertiary/aromatic N) is 4. The molecular formula is C15H20N4OS. The molecule has 2 aromatic rings. The second-order valence-electron chi connectivity index (χ2n) is 5.43. The maximum atomic E-state index is 5.90. The van der Waals surface area contributed by atoms with Gasteiger partial charge in [0.05, 0.1) is 23.0 Å². The lowest BCUT2D eigenvalue weighted by Gasteiger charge is -2.32. The van der Waals surface area contributed by atoms with Crippen LogP contribution in [0.15, 0.2) is 11.4 Å². The van der Waals surface area contributed by atoms with Gasteiger partial charge in [-0.05, 0) is 26.8 Å². The van der Waals surface area contributed by atoms with Gasteiger partial charge in [-0.2, -0.15) is 0 Å². The quantitative estimate of drug-likeness (QED) is 0.871. The van der Waals surface area contributed by atoms with Gasteiger partial charge < -0.3 is 4.74 Å². The van der Waals surface area contributed by atoms with Crippen molar-refractivity contribution in [1.82, 2.24) is 19.9 Å². The summed E-state index contributed by atoms with van der Waals surface area (Å²) in [6, 6.07) is 2.02. The fourth-order valence-corrected chi connectivity index (χ4v) is 3.25. The molecule has 0 saturated carbocycles. The largest absolute Gasteiger partial charge is 0.369 e. The van der Waals surface area contributed by atoms with E-state index in [0.29, 0.717) is 0 Å². The zero-order valence-electron chi connectivity index (χ0n) is 12.7. The molecule has 0 amide bonds. The lowest BCUT2D eigenvalue weighted by Crippen LogP contribution is -2.38. The minimum atomic E-state index is 0.0267. The van der Waals surface area contributed by atoms with Crippen molar-refractivity contribution in [2.45, 2.75) is 33.4 Å². The van der Waals surface area contributed by atoms with Crippen LogP contribution in [0.4, 0.5) is 0 Å². The molecular weight excluding hydrogens is 284 g/mol. The van der Waals surface area contributed by atoms with Gasteiger partial charge in [0, 0.05) is 30.7 Å². The monoisotopic (exact) mass is 304 g/mol. The number of aromatic nitrogens is 3. The van der Waals surface area contributed by atoms with Gasteiger partial charge in [-0.15, -0.1) is 11.3 Å². The first kappa shape index (κ1) is 14.6. The Morgan fingerprint density at radius 3 is 2.86 bits per heavy atom. The molecule has 1 atom stereocenters. The van der Waals surface area contributed by atoms with Gasteiger partial charge >= 0.3 is 0 Å². The van der Waals surface area contributed by atoms with Gasteiger partial charge in [0.2, 0.25) is 0 Å².